The Balaban J connectivity index is 0.000000659. The van der Waals surface area contributed by atoms with Crippen molar-refractivity contribution in [2.75, 3.05) is 0 Å². The maximum Gasteiger partial charge on any atom is 0.00870 e. The second kappa shape index (κ2) is 9.94. The Bertz CT molecular complexity index is 326. The number of hydrogen-bond donors (Lipinski definition) is 0. The standard InChI is InChI=1S/C14H16.2C2H6/c1-11-3-7-13(8-4-11)14-9-5-12(2)6-10-14;2*1-2/h3-11,14H,1-2H3;2*1-2H3. The highest BCUT2D eigenvalue weighted by Crippen LogP contribution is 2.27. The molecule has 0 aliphatic heterocycles. The highest BCUT2D eigenvalue weighted by molar-refractivity contribution is 5.40. The van der Waals surface area contributed by atoms with Gasteiger partial charge in [0.25, 0.3) is 0 Å². The molecule has 2 radical (unpaired) electrons. The first-order valence-corrected chi connectivity index (χ1v) is 7.19. The van der Waals surface area contributed by atoms with Crippen LogP contribution in [-0.4, -0.2) is 0 Å². The number of rotatable bonds is 1. The van der Waals surface area contributed by atoms with E-state index in [2.05, 4.69) is 63.1 Å². The van der Waals surface area contributed by atoms with Gasteiger partial charge in [-0.25, -0.2) is 0 Å². The Kier molecular flexibility index (Phi) is 9.36. The Morgan fingerprint density at radius 1 is 0.833 bits per heavy atom. The Morgan fingerprint density at radius 3 is 1.94 bits per heavy atom. The van der Waals surface area contributed by atoms with E-state index in [9.17, 15) is 0 Å². The summed E-state index contributed by atoms with van der Waals surface area (Å²) in [4.78, 5) is 0. The lowest BCUT2D eigenvalue weighted by Crippen LogP contribution is -2.06. The molecule has 0 aromatic rings. The zero-order valence-corrected chi connectivity index (χ0v) is 12.8. The molecule has 0 saturated heterocycles. The minimum Gasteiger partial charge on any atom is -0.0808 e. The molecule has 0 spiro atoms. The van der Waals surface area contributed by atoms with Crippen LogP contribution < -0.4 is 0 Å². The molecule has 2 atom stereocenters. The summed E-state index contributed by atoms with van der Waals surface area (Å²) < 4.78 is 0. The van der Waals surface area contributed by atoms with Crippen molar-refractivity contribution >= 4 is 0 Å². The van der Waals surface area contributed by atoms with Crippen LogP contribution in [0.3, 0.4) is 0 Å². The van der Waals surface area contributed by atoms with Crippen LogP contribution >= 0.6 is 0 Å². The summed E-state index contributed by atoms with van der Waals surface area (Å²) in [5.41, 5.74) is 2.72. The van der Waals surface area contributed by atoms with E-state index in [-0.39, 0.29) is 0 Å². The van der Waals surface area contributed by atoms with Gasteiger partial charge in [-0.3, -0.25) is 0 Å². The van der Waals surface area contributed by atoms with E-state index < -0.39 is 0 Å². The summed E-state index contributed by atoms with van der Waals surface area (Å²) >= 11 is 0. The summed E-state index contributed by atoms with van der Waals surface area (Å²) in [5, 5.41) is 0. The van der Waals surface area contributed by atoms with Crippen LogP contribution in [0.5, 0.6) is 0 Å². The van der Waals surface area contributed by atoms with E-state index in [1.54, 1.807) is 0 Å². The lowest BCUT2D eigenvalue weighted by atomic mass is 9.86. The summed E-state index contributed by atoms with van der Waals surface area (Å²) in [6.45, 7) is 12.3. The predicted molar refractivity (Wildman–Crippen MR) is 84.1 cm³/mol. The molecule has 0 saturated carbocycles. The second-order valence-corrected chi connectivity index (χ2v) is 4.07. The van der Waals surface area contributed by atoms with E-state index in [0.717, 1.165) is 0 Å². The van der Waals surface area contributed by atoms with Crippen LogP contribution in [0.15, 0.2) is 47.6 Å². The largest absolute Gasteiger partial charge is 0.0808 e. The molecule has 0 amide bonds. The van der Waals surface area contributed by atoms with Crippen molar-refractivity contribution in [3.8, 4) is 0 Å². The first kappa shape index (κ1) is 17.0. The number of hydrogen-bond acceptors (Lipinski definition) is 0. The first-order chi connectivity index (χ1) is 8.75. The minimum absolute atomic E-state index is 0.471. The van der Waals surface area contributed by atoms with Crippen LogP contribution in [0.2, 0.25) is 0 Å². The SMILES string of the molecule is CC.CC.CC1=C[CH]C(C2=C[CH]C(C)C=C2)C=C1. The van der Waals surface area contributed by atoms with Crippen molar-refractivity contribution < 1.29 is 0 Å². The van der Waals surface area contributed by atoms with Gasteiger partial charge in [-0.05, 0) is 31.3 Å². The highest BCUT2D eigenvalue weighted by Gasteiger charge is 2.13. The lowest BCUT2D eigenvalue weighted by Gasteiger charge is -2.19. The average molecular weight is 244 g/mol. The highest BCUT2D eigenvalue weighted by atomic mass is 14.2. The molecule has 2 unspecified atom stereocenters. The van der Waals surface area contributed by atoms with Gasteiger partial charge in [-0.1, -0.05) is 76.6 Å². The molecule has 2 aliphatic carbocycles. The maximum atomic E-state index is 2.26. The third-order valence-corrected chi connectivity index (χ3v) is 2.70. The third kappa shape index (κ3) is 5.53. The zero-order valence-electron chi connectivity index (χ0n) is 12.8. The van der Waals surface area contributed by atoms with Gasteiger partial charge in [-0.15, -0.1) is 0 Å². The van der Waals surface area contributed by atoms with Gasteiger partial charge < -0.3 is 0 Å². The number of allylic oxidation sites excluding steroid dienone is 8. The van der Waals surface area contributed by atoms with Crippen molar-refractivity contribution in [2.24, 2.45) is 11.8 Å². The molecule has 0 aromatic heterocycles. The molecule has 2 rings (SSSR count). The van der Waals surface area contributed by atoms with E-state index in [1.165, 1.54) is 11.1 Å². The average Bonchev–Trinajstić information content (AvgIpc) is 2.45. The minimum atomic E-state index is 0.471. The Labute approximate surface area is 114 Å². The van der Waals surface area contributed by atoms with Crippen molar-refractivity contribution in [3.05, 3.63) is 60.4 Å². The first-order valence-electron chi connectivity index (χ1n) is 7.19. The molecule has 0 bridgehead atoms. The van der Waals surface area contributed by atoms with Crippen LogP contribution in [0, 0.1) is 24.7 Å². The summed E-state index contributed by atoms with van der Waals surface area (Å²) in [7, 11) is 0. The van der Waals surface area contributed by atoms with Crippen LogP contribution in [-0.2, 0) is 0 Å². The zero-order chi connectivity index (χ0) is 14.0. The molecule has 0 N–H and O–H groups in total. The fraction of sp³-hybridized carbons (Fsp3) is 0.444. The Morgan fingerprint density at radius 2 is 1.50 bits per heavy atom. The predicted octanol–water partition coefficient (Wildman–Crippen LogP) is 5.71. The van der Waals surface area contributed by atoms with E-state index in [0.29, 0.717) is 11.8 Å². The molecule has 0 heteroatoms. The summed E-state index contributed by atoms with van der Waals surface area (Å²) in [6, 6.07) is 0. The van der Waals surface area contributed by atoms with Crippen molar-refractivity contribution in [1.29, 1.82) is 0 Å². The van der Waals surface area contributed by atoms with E-state index in [1.807, 2.05) is 27.7 Å². The third-order valence-electron chi connectivity index (χ3n) is 2.70. The van der Waals surface area contributed by atoms with Crippen molar-refractivity contribution in [2.45, 2.75) is 41.5 Å². The topological polar surface area (TPSA) is 0 Å². The molecule has 0 aromatic carbocycles. The van der Waals surface area contributed by atoms with Gasteiger partial charge in [0, 0.05) is 5.92 Å². The van der Waals surface area contributed by atoms with Crippen molar-refractivity contribution in [3.63, 3.8) is 0 Å². The van der Waals surface area contributed by atoms with Crippen LogP contribution in [0.25, 0.3) is 0 Å². The normalized spacial score (nSPS) is 25.0. The van der Waals surface area contributed by atoms with Crippen LogP contribution in [0.4, 0.5) is 0 Å². The van der Waals surface area contributed by atoms with E-state index in [4.69, 9.17) is 0 Å². The maximum absolute atomic E-state index is 2.26. The molecule has 2 aliphatic rings. The molecule has 0 heterocycles. The lowest BCUT2D eigenvalue weighted by molar-refractivity contribution is 0.838. The second-order valence-electron chi connectivity index (χ2n) is 4.07. The molecule has 100 valence electrons. The van der Waals surface area contributed by atoms with E-state index >= 15 is 0 Å². The smallest absolute Gasteiger partial charge is 0.00870 e. The fourth-order valence-corrected chi connectivity index (χ4v) is 1.72. The summed E-state index contributed by atoms with van der Waals surface area (Å²) in [5.74, 6) is 1.06. The van der Waals surface area contributed by atoms with Crippen LogP contribution in [0.1, 0.15) is 41.5 Å². The van der Waals surface area contributed by atoms with Gasteiger partial charge in [0.05, 0.1) is 0 Å². The van der Waals surface area contributed by atoms with Crippen molar-refractivity contribution in [1.82, 2.24) is 0 Å². The van der Waals surface area contributed by atoms with Gasteiger partial charge in [0.2, 0.25) is 0 Å². The summed E-state index contributed by atoms with van der Waals surface area (Å²) in [6.07, 6.45) is 17.9. The van der Waals surface area contributed by atoms with Gasteiger partial charge in [-0.2, -0.15) is 0 Å². The van der Waals surface area contributed by atoms with Gasteiger partial charge in [0.15, 0.2) is 0 Å². The molecule has 18 heavy (non-hydrogen) atoms. The molecular formula is C18H28. The van der Waals surface area contributed by atoms with Gasteiger partial charge in [0.1, 0.15) is 0 Å². The molecular weight excluding hydrogens is 216 g/mol. The molecule has 0 nitrogen and oxygen atoms in total. The Hall–Kier alpha value is -1.04. The van der Waals surface area contributed by atoms with Gasteiger partial charge >= 0.3 is 0 Å². The fourth-order valence-electron chi connectivity index (χ4n) is 1.72. The monoisotopic (exact) mass is 244 g/mol. The quantitative estimate of drug-likeness (QED) is 0.554. The molecule has 0 fully saturated rings.